The molecule has 0 aliphatic heterocycles. The molecule has 0 amide bonds. The van der Waals surface area contributed by atoms with Gasteiger partial charge in [0.1, 0.15) is 5.92 Å². The van der Waals surface area contributed by atoms with Gasteiger partial charge in [0, 0.05) is 25.5 Å². The number of nitrogens with zero attached hydrogens (tertiary/aromatic N) is 2. The number of carboxylic acid groups (broad SMARTS) is 1. The highest BCUT2D eigenvalue weighted by atomic mass is 32.1. The molecule has 3 N–H and O–H groups in total. The molecule has 84 valence electrons. The van der Waals surface area contributed by atoms with Crippen LogP contribution in [0.3, 0.4) is 0 Å². The number of thiazole rings is 1. The molecule has 0 aliphatic rings. The van der Waals surface area contributed by atoms with Gasteiger partial charge in [0.2, 0.25) is 0 Å². The summed E-state index contributed by atoms with van der Waals surface area (Å²) in [6, 6.07) is 0. The monoisotopic (exact) mass is 229 g/mol. The highest BCUT2D eigenvalue weighted by molar-refractivity contribution is 7.15. The van der Waals surface area contributed by atoms with Crippen LogP contribution in [0.2, 0.25) is 0 Å². The molecule has 1 heterocycles. The molecule has 1 atom stereocenters. The average Bonchev–Trinajstić information content (AvgIpc) is 2.49. The largest absolute Gasteiger partial charge is 0.481 e. The van der Waals surface area contributed by atoms with Crippen LogP contribution in [0.25, 0.3) is 0 Å². The van der Waals surface area contributed by atoms with Crippen molar-refractivity contribution in [3.8, 4) is 0 Å². The van der Waals surface area contributed by atoms with E-state index < -0.39 is 11.9 Å². The summed E-state index contributed by atoms with van der Waals surface area (Å²) in [7, 11) is 3.75. The number of carboxylic acids is 1. The summed E-state index contributed by atoms with van der Waals surface area (Å²) >= 11 is 1.38. The first-order valence-corrected chi connectivity index (χ1v) is 5.36. The SMILES string of the molecule is Cc1nc(N(C)C)sc1C(CN)C(=O)O. The Hall–Kier alpha value is -1.14. The van der Waals surface area contributed by atoms with Gasteiger partial charge in [0.15, 0.2) is 5.13 Å². The van der Waals surface area contributed by atoms with Gasteiger partial charge in [-0.15, -0.1) is 11.3 Å². The van der Waals surface area contributed by atoms with E-state index in [0.29, 0.717) is 0 Å². The number of carbonyl (C=O) groups is 1. The highest BCUT2D eigenvalue weighted by Gasteiger charge is 2.23. The molecule has 0 saturated heterocycles. The number of rotatable bonds is 4. The summed E-state index contributed by atoms with van der Waals surface area (Å²) in [4.78, 5) is 17.8. The van der Waals surface area contributed by atoms with Crippen molar-refractivity contribution >= 4 is 22.4 Å². The van der Waals surface area contributed by atoms with Crippen LogP contribution >= 0.6 is 11.3 Å². The summed E-state index contributed by atoms with van der Waals surface area (Å²) in [5.41, 5.74) is 6.20. The fourth-order valence-electron chi connectivity index (χ4n) is 1.23. The van der Waals surface area contributed by atoms with Gasteiger partial charge in [-0.05, 0) is 6.92 Å². The van der Waals surface area contributed by atoms with Crippen LogP contribution in [-0.4, -0.2) is 36.7 Å². The number of anilines is 1. The number of aryl methyl sites for hydroxylation is 1. The predicted octanol–water partition coefficient (Wildman–Crippen LogP) is 0.644. The van der Waals surface area contributed by atoms with Gasteiger partial charge in [0.05, 0.1) is 5.69 Å². The van der Waals surface area contributed by atoms with Gasteiger partial charge in [-0.2, -0.15) is 0 Å². The van der Waals surface area contributed by atoms with E-state index >= 15 is 0 Å². The number of aromatic nitrogens is 1. The first-order valence-electron chi connectivity index (χ1n) is 4.55. The Bertz CT molecular complexity index is 362. The Balaban J connectivity index is 3.07. The number of aliphatic carboxylic acids is 1. The maximum atomic E-state index is 10.9. The van der Waals surface area contributed by atoms with E-state index in [4.69, 9.17) is 10.8 Å². The summed E-state index contributed by atoms with van der Waals surface area (Å²) in [5.74, 6) is -1.54. The molecular formula is C9H15N3O2S. The van der Waals surface area contributed by atoms with Crippen molar-refractivity contribution in [2.75, 3.05) is 25.5 Å². The van der Waals surface area contributed by atoms with Crippen molar-refractivity contribution in [1.29, 1.82) is 0 Å². The maximum absolute atomic E-state index is 10.9. The maximum Gasteiger partial charge on any atom is 0.313 e. The van der Waals surface area contributed by atoms with Crippen LogP contribution in [0.4, 0.5) is 5.13 Å². The minimum absolute atomic E-state index is 0.102. The smallest absolute Gasteiger partial charge is 0.313 e. The van der Waals surface area contributed by atoms with Crippen LogP contribution in [0.15, 0.2) is 0 Å². The molecular weight excluding hydrogens is 214 g/mol. The van der Waals surface area contributed by atoms with Gasteiger partial charge in [-0.1, -0.05) is 0 Å². The molecule has 1 rings (SSSR count). The molecule has 1 aromatic rings. The lowest BCUT2D eigenvalue weighted by Gasteiger charge is -2.07. The van der Waals surface area contributed by atoms with Crippen molar-refractivity contribution in [1.82, 2.24) is 4.98 Å². The Labute approximate surface area is 92.5 Å². The molecule has 5 nitrogen and oxygen atoms in total. The molecule has 1 unspecified atom stereocenters. The Morgan fingerprint density at radius 1 is 1.67 bits per heavy atom. The molecule has 1 aromatic heterocycles. The number of hydrogen-bond acceptors (Lipinski definition) is 5. The molecule has 0 radical (unpaired) electrons. The first-order chi connectivity index (χ1) is 6.97. The van der Waals surface area contributed by atoms with Crippen LogP contribution in [-0.2, 0) is 4.79 Å². The third-order valence-corrected chi connectivity index (χ3v) is 3.49. The van der Waals surface area contributed by atoms with Gasteiger partial charge in [-0.25, -0.2) is 4.98 Å². The third-order valence-electron chi connectivity index (χ3n) is 2.05. The zero-order chi connectivity index (χ0) is 11.6. The second-order valence-corrected chi connectivity index (χ2v) is 4.48. The number of hydrogen-bond donors (Lipinski definition) is 2. The molecule has 0 aromatic carbocycles. The lowest BCUT2D eigenvalue weighted by Crippen LogP contribution is -2.20. The van der Waals surface area contributed by atoms with Gasteiger partial charge in [-0.3, -0.25) is 4.79 Å². The number of nitrogens with two attached hydrogens (primary N) is 1. The van der Waals surface area contributed by atoms with E-state index in [0.717, 1.165) is 15.7 Å². The second-order valence-electron chi connectivity index (χ2n) is 3.47. The topological polar surface area (TPSA) is 79.5 Å². The van der Waals surface area contributed by atoms with E-state index in [2.05, 4.69) is 4.98 Å². The second kappa shape index (κ2) is 4.59. The van der Waals surface area contributed by atoms with E-state index in [9.17, 15) is 4.79 Å². The zero-order valence-electron chi connectivity index (χ0n) is 9.02. The lowest BCUT2D eigenvalue weighted by atomic mass is 10.1. The third kappa shape index (κ3) is 2.45. The molecule has 0 bridgehead atoms. The van der Waals surface area contributed by atoms with Gasteiger partial charge >= 0.3 is 5.97 Å². The summed E-state index contributed by atoms with van der Waals surface area (Å²) in [5, 5.41) is 9.79. The van der Waals surface area contributed by atoms with Gasteiger partial charge in [0.25, 0.3) is 0 Å². The Morgan fingerprint density at radius 2 is 2.27 bits per heavy atom. The molecule has 0 fully saturated rings. The van der Waals surface area contributed by atoms with Crippen molar-refractivity contribution in [2.45, 2.75) is 12.8 Å². The average molecular weight is 229 g/mol. The Kier molecular flexibility index (Phi) is 3.65. The minimum Gasteiger partial charge on any atom is -0.481 e. The van der Waals surface area contributed by atoms with Crippen molar-refractivity contribution < 1.29 is 9.90 Å². The quantitative estimate of drug-likeness (QED) is 0.792. The molecule has 15 heavy (non-hydrogen) atoms. The van der Waals surface area contributed by atoms with Crippen molar-refractivity contribution in [2.24, 2.45) is 5.73 Å². The van der Waals surface area contributed by atoms with Crippen molar-refractivity contribution in [3.63, 3.8) is 0 Å². The summed E-state index contributed by atoms with van der Waals surface area (Å²) < 4.78 is 0. The fourth-order valence-corrected chi connectivity index (χ4v) is 2.32. The van der Waals surface area contributed by atoms with Crippen LogP contribution < -0.4 is 10.6 Å². The van der Waals surface area contributed by atoms with E-state index in [1.54, 1.807) is 0 Å². The van der Waals surface area contributed by atoms with Crippen LogP contribution in [0.5, 0.6) is 0 Å². The van der Waals surface area contributed by atoms with E-state index in [1.165, 1.54) is 11.3 Å². The fraction of sp³-hybridized carbons (Fsp3) is 0.556. The summed E-state index contributed by atoms with van der Waals surface area (Å²) in [6.07, 6.45) is 0. The molecule has 0 aliphatic carbocycles. The molecule has 6 heteroatoms. The highest BCUT2D eigenvalue weighted by Crippen LogP contribution is 2.30. The normalized spacial score (nSPS) is 12.5. The van der Waals surface area contributed by atoms with Crippen LogP contribution in [0.1, 0.15) is 16.5 Å². The summed E-state index contributed by atoms with van der Waals surface area (Å²) in [6.45, 7) is 1.91. The zero-order valence-corrected chi connectivity index (χ0v) is 9.84. The lowest BCUT2D eigenvalue weighted by molar-refractivity contribution is -0.138. The van der Waals surface area contributed by atoms with E-state index in [1.807, 2.05) is 25.9 Å². The predicted molar refractivity (Wildman–Crippen MR) is 60.6 cm³/mol. The van der Waals surface area contributed by atoms with E-state index in [-0.39, 0.29) is 6.54 Å². The molecule has 0 spiro atoms. The van der Waals surface area contributed by atoms with Gasteiger partial charge < -0.3 is 15.7 Å². The standard InChI is InChI=1S/C9H15N3O2S/c1-5-7(6(4-10)8(13)14)15-9(11-5)12(2)3/h6H,4,10H2,1-3H3,(H,13,14). The first kappa shape index (κ1) is 11.9. The minimum atomic E-state index is -0.894. The van der Waals surface area contributed by atoms with Crippen molar-refractivity contribution in [3.05, 3.63) is 10.6 Å². The van der Waals surface area contributed by atoms with Crippen LogP contribution in [0, 0.1) is 6.92 Å². The Morgan fingerprint density at radius 3 is 2.60 bits per heavy atom. The molecule has 0 saturated carbocycles.